The van der Waals surface area contributed by atoms with Crippen LogP contribution in [0.3, 0.4) is 0 Å². The van der Waals surface area contributed by atoms with Gasteiger partial charge < -0.3 is 10.1 Å². The van der Waals surface area contributed by atoms with Crippen molar-refractivity contribution in [2.45, 2.75) is 20.3 Å². The van der Waals surface area contributed by atoms with Crippen molar-refractivity contribution in [1.82, 2.24) is 0 Å². The van der Waals surface area contributed by atoms with Gasteiger partial charge in [0.05, 0.1) is 7.11 Å². The molecule has 0 radical (unpaired) electrons. The first-order valence-corrected chi connectivity index (χ1v) is 5.22. The Hall–Kier alpha value is -1.44. The van der Waals surface area contributed by atoms with Crippen molar-refractivity contribution >= 4 is 5.69 Å². The van der Waals surface area contributed by atoms with Gasteiger partial charge >= 0.3 is 0 Å². The SMILES string of the molecule is C=C(CC)CNc1ccc(OC)cc1C. The summed E-state index contributed by atoms with van der Waals surface area (Å²) >= 11 is 0. The van der Waals surface area contributed by atoms with Gasteiger partial charge in [0.1, 0.15) is 5.75 Å². The maximum absolute atomic E-state index is 5.15. The predicted octanol–water partition coefficient (Wildman–Crippen LogP) is 3.38. The maximum atomic E-state index is 5.15. The van der Waals surface area contributed by atoms with E-state index in [9.17, 15) is 0 Å². The monoisotopic (exact) mass is 205 g/mol. The van der Waals surface area contributed by atoms with Gasteiger partial charge in [-0.1, -0.05) is 19.1 Å². The molecular weight excluding hydrogens is 186 g/mol. The number of aryl methyl sites for hydroxylation is 1. The quantitative estimate of drug-likeness (QED) is 0.744. The Balaban J connectivity index is 2.66. The molecule has 0 aliphatic carbocycles. The molecule has 0 aliphatic rings. The Morgan fingerprint density at radius 3 is 2.73 bits per heavy atom. The van der Waals surface area contributed by atoms with Gasteiger partial charge in [0, 0.05) is 12.2 Å². The van der Waals surface area contributed by atoms with Crippen LogP contribution in [-0.2, 0) is 0 Å². The zero-order valence-electron chi connectivity index (χ0n) is 9.76. The predicted molar refractivity (Wildman–Crippen MR) is 65.7 cm³/mol. The molecule has 0 unspecified atom stereocenters. The number of nitrogens with one attached hydrogen (secondary N) is 1. The fourth-order valence-corrected chi connectivity index (χ4v) is 1.31. The molecule has 0 saturated carbocycles. The van der Waals surface area contributed by atoms with Crippen molar-refractivity contribution in [3.8, 4) is 5.75 Å². The minimum absolute atomic E-state index is 0.837. The summed E-state index contributed by atoms with van der Waals surface area (Å²) in [5, 5.41) is 3.36. The molecule has 2 nitrogen and oxygen atoms in total. The molecule has 2 heteroatoms. The van der Waals surface area contributed by atoms with E-state index in [1.54, 1.807) is 7.11 Å². The van der Waals surface area contributed by atoms with Gasteiger partial charge in [0.25, 0.3) is 0 Å². The third kappa shape index (κ3) is 3.31. The highest BCUT2D eigenvalue weighted by Crippen LogP contribution is 2.21. The van der Waals surface area contributed by atoms with E-state index in [4.69, 9.17) is 4.74 Å². The average molecular weight is 205 g/mol. The molecule has 0 aromatic heterocycles. The standard InChI is InChI=1S/C13H19NO/c1-5-10(2)9-14-13-7-6-12(15-4)8-11(13)3/h6-8,14H,2,5,9H2,1,3-4H3. The topological polar surface area (TPSA) is 21.3 Å². The molecule has 0 saturated heterocycles. The van der Waals surface area contributed by atoms with Crippen molar-refractivity contribution in [1.29, 1.82) is 0 Å². The molecule has 1 aromatic rings. The Labute approximate surface area is 92.0 Å². The van der Waals surface area contributed by atoms with Gasteiger partial charge in [0.2, 0.25) is 0 Å². The molecule has 0 atom stereocenters. The zero-order valence-corrected chi connectivity index (χ0v) is 9.76. The Bertz CT molecular complexity index is 344. The molecule has 15 heavy (non-hydrogen) atoms. The first kappa shape index (κ1) is 11.6. The van der Waals surface area contributed by atoms with E-state index in [1.807, 2.05) is 18.2 Å². The van der Waals surface area contributed by atoms with Gasteiger partial charge in [-0.05, 0) is 37.1 Å². The van der Waals surface area contributed by atoms with E-state index >= 15 is 0 Å². The van der Waals surface area contributed by atoms with Crippen molar-refractivity contribution in [2.75, 3.05) is 19.0 Å². The summed E-state index contributed by atoms with van der Waals surface area (Å²) < 4.78 is 5.15. The van der Waals surface area contributed by atoms with Crippen LogP contribution < -0.4 is 10.1 Å². The number of ether oxygens (including phenoxy) is 1. The number of rotatable bonds is 5. The van der Waals surface area contributed by atoms with Crippen molar-refractivity contribution < 1.29 is 4.74 Å². The minimum atomic E-state index is 0.837. The molecule has 0 fully saturated rings. The molecule has 82 valence electrons. The van der Waals surface area contributed by atoms with E-state index in [2.05, 4.69) is 25.7 Å². The molecular formula is C13H19NO. The van der Waals surface area contributed by atoms with Crippen LogP contribution in [0.2, 0.25) is 0 Å². The van der Waals surface area contributed by atoms with Crippen molar-refractivity contribution in [3.63, 3.8) is 0 Å². The van der Waals surface area contributed by atoms with Gasteiger partial charge in [-0.25, -0.2) is 0 Å². The summed E-state index contributed by atoms with van der Waals surface area (Å²) in [6, 6.07) is 6.03. The van der Waals surface area contributed by atoms with E-state index in [1.165, 1.54) is 11.1 Å². The van der Waals surface area contributed by atoms with Crippen LogP contribution in [-0.4, -0.2) is 13.7 Å². The lowest BCUT2D eigenvalue weighted by molar-refractivity contribution is 0.414. The largest absolute Gasteiger partial charge is 0.497 e. The lowest BCUT2D eigenvalue weighted by atomic mass is 10.1. The van der Waals surface area contributed by atoms with Crippen LogP contribution in [0, 0.1) is 6.92 Å². The summed E-state index contributed by atoms with van der Waals surface area (Å²) in [5.41, 5.74) is 3.55. The number of hydrogen-bond donors (Lipinski definition) is 1. The van der Waals surface area contributed by atoms with Gasteiger partial charge in [0.15, 0.2) is 0 Å². The molecule has 0 aliphatic heterocycles. The smallest absolute Gasteiger partial charge is 0.119 e. The van der Waals surface area contributed by atoms with Gasteiger partial charge in [-0.15, -0.1) is 0 Å². The van der Waals surface area contributed by atoms with Crippen LogP contribution >= 0.6 is 0 Å². The van der Waals surface area contributed by atoms with Gasteiger partial charge in [-0.2, -0.15) is 0 Å². The van der Waals surface area contributed by atoms with Crippen LogP contribution in [0.25, 0.3) is 0 Å². The average Bonchev–Trinajstić information content (AvgIpc) is 2.26. The molecule has 0 amide bonds. The highest BCUT2D eigenvalue weighted by Gasteiger charge is 1.99. The first-order chi connectivity index (χ1) is 7.17. The van der Waals surface area contributed by atoms with E-state index in [-0.39, 0.29) is 0 Å². The maximum Gasteiger partial charge on any atom is 0.119 e. The van der Waals surface area contributed by atoms with Crippen molar-refractivity contribution in [3.05, 3.63) is 35.9 Å². The number of anilines is 1. The highest BCUT2D eigenvalue weighted by molar-refractivity contribution is 5.54. The summed E-state index contributed by atoms with van der Waals surface area (Å²) in [4.78, 5) is 0. The molecule has 0 spiro atoms. The fourth-order valence-electron chi connectivity index (χ4n) is 1.31. The molecule has 0 heterocycles. The Morgan fingerprint density at radius 2 is 2.20 bits per heavy atom. The van der Waals surface area contributed by atoms with E-state index < -0.39 is 0 Å². The Kier molecular flexibility index (Phi) is 4.22. The Morgan fingerprint density at radius 1 is 1.47 bits per heavy atom. The summed E-state index contributed by atoms with van der Waals surface area (Å²) in [5.74, 6) is 0.896. The number of hydrogen-bond acceptors (Lipinski definition) is 2. The van der Waals surface area contributed by atoms with Crippen LogP contribution in [0.1, 0.15) is 18.9 Å². The molecule has 1 aromatic carbocycles. The van der Waals surface area contributed by atoms with E-state index in [0.29, 0.717) is 0 Å². The zero-order chi connectivity index (χ0) is 11.3. The van der Waals surface area contributed by atoms with Crippen LogP contribution in [0.5, 0.6) is 5.75 Å². The summed E-state index contributed by atoms with van der Waals surface area (Å²) in [7, 11) is 1.68. The third-order valence-electron chi connectivity index (χ3n) is 2.46. The lowest BCUT2D eigenvalue weighted by Gasteiger charge is -2.11. The lowest BCUT2D eigenvalue weighted by Crippen LogP contribution is -2.04. The second-order valence-corrected chi connectivity index (χ2v) is 3.64. The summed E-state index contributed by atoms with van der Waals surface area (Å²) in [6.07, 6.45) is 1.02. The minimum Gasteiger partial charge on any atom is -0.497 e. The molecule has 1 N–H and O–H groups in total. The van der Waals surface area contributed by atoms with Crippen LogP contribution in [0.4, 0.5) is 5.69 Å². The first-order valence-electron chi connectivity index (χ1n) is 5.22. The number of methoxy groups -OCH3 is 1. The fraction of sp³-hybridized carbons (Fsp3) is 0.385. The molecule has 0 bridgehead atoms. The second-order valence-electron chi connectivity index (χ2n) is 3.64. The summed E-state index contributed by atoms with van der Waals surface area (Å²) in [6.45, 7) is 8.99. The normalized spacial score (nSPS) is 9.80. The molecule has 1 rings (SSSR count). The van der Waals surface area contributed by atoms with Crippen LogP contribution in [0.15, 0.2) is 30.4 Å². The van der Waals surface area contributed by atoms with Crippen molar-refractivity contribution in [2.24, 2.45) is 0 Å². The van der Waals surface area contributed by atoms with E-state index in [0.717, 1.165) is 24.4 Å². The van der Waals surface area contributed by atoms with Gasteiger partial charge in [-0.3, -0.25) is 0 Å². The third-order valence-corrected chi connectivity index (χ3v) is 2.46. The number of benzene rings is 1. The second kappa shape index (κ2) is 5.44. The highest BCUT2D eigenvalue weighted by atomic mass is 16.5.